The molecule has 0 fully saturated rings. The molecule has 0 atom stereocenters. The number of aryl methyl sites for hydroxylation is 1. The highest BCUT2D eigenvalue weighted by atomic mass is 32.1. The number of rotatable bonds is 9. The third-order valence-electron chi connectivity index (χ3n) is 7.05. The lowest BCUT2D eigenvalue weighted by Crippen LogP contribution is -2.25. The van der Waals surface area contributed by atoms with E-state index in [1.54, 1.807) is 11.3 Å². The monoisotopic (exact) mass is 536 g/mol. The van der Waals surface area contributed by atoms with E-state index >= 15 is 0 Å². The highest BCUT2D eigenvalue weighted by Gasteiger charge is 2.17. The van der Waals surface area contributed by atoms with Crippen LogP contribution in [0.3, 0.4) is 0 Å². The van der Waals surface area contributed by atoms with Crippen LogP contribution >= 0.6 is 11.3 Å². The minimum Gasteiger partial charge on any atom is -0.361 e. The SMILES string of the molecule is Cc1ccc(NC(=O)c2csc(CN(CCc3c[nH]c4ccccc34)Cc3ccc(C(C)(C)C)cc3)n2)cc1. The number of fused-ring (bicyclic) bond motifs is 1. The summed E-state index contributed by atoms with van der Waals surface area (Å²) in [4.78, 5) is 23.4. The first-order chi connectivity index (χ1) is 18.7. The van der Waals surface area contributed by atoms with Gasteiger partial charge in [-0.15, -0.1) is 11.3 Å². The topological polar surface area (TPSA) is 61.0 Å². The molecule has 0 aliphatic carbocycles. The Labute approximate surface area is 234 Å². The molecule has 6 heteroatoms. The minimum absolute atomic E-state index is 0.129. The highest BCUT2D eigenvalue weighted by molar-refractivity contribution is 7.09. The Kier molecular flexibility index (Phi) is 7.96. The Balaban J connectivity index is 1.31. The molecule has 3 aromatic carbocycles. The molecule has 5 nitrogen and oxygen atoms in total. The zero-order chi connectivity index (χ0) is 27.4. The van der Waals surface area contributed by atoms with E-state index in [9.17, 15) is 4.79 Å². The van der Waals surface area contributed by atoms with Gasteiger partial charge in [0.15, 0.2) is 0 Å². The van der Waals surface area contributed by atoms with E-state index in [2.05, 4.69) is 90.7 Å². The summed E-state index contributed by atoms with van der Waals surface area (Å²) in [5.41, 5.74) is 7.61. The van der Waals surface area contributed by atoms with Crippen molar-refractivity contribution in [1.82, 2.24) is 14.9 Å². The molecule has 5 aromatic rings. The summed E-state index contributed by atoms with van der Waals surface area (Å²) in [6.07, 6.45) is 3.05. The van der Waals surface area contributed by atoms with Crippen LogP contribution in [0.4, 0.5) is 5.69 Å². The molecule has 1 amide bonds. The van der Waals surface area contributed by atoms with Gasteiger partial charge in [0.1, 0.15) is 10.7 Å². The van der Waals surface area contributed by atoms with Crippen LogP contribution in [0.2, 0.25) is 0 Å². The van der Waals surface area contributed by atoms with Crippen molar-refractivity contribution in [2.24, 2.45) is 0 Å². The minimum atomic E-state index is -0.176. The number of aromatic amines is 1. The number of carbonyl (C=O) groups is 1. The molecule has 200 valence electrons. The number of benzene rings is 3. The van der Waals surface area contributed by atoms with Crippen LogP contribution in [0, 0.1) is 6.92 Å². The van der Waals surface area contributed by atoms with Gasteiger partial charge in [0, 0.05) is 41.3 Å². The van der Waals surface area contributed by atoms with E-state index < -0.39 is 0 Å². The van der Waals surface area contributed by atoms with Crippen LogP contribution in [0.1, 0.15) is 58.5 Å². The second-order valence-corrected chi connectivity index (χ2v) is 12.2. The Morgan fingerprint density at radius 2 is 1.72 bits per heavy atom. The number of para-hydroxylation sites is 1. The van der Waals surface area contributed by atoms with Crippen LogP contribution in [-0.4, -0.2) is 27.3 Å². The van der Waals surface area contributed by atoms with Crippen LogP contribution in [0.5, 0.6) is 0 Å². The van der Waals surface area contributed by atoms with Crippen LogP contribution in [-0.2, 0) is 24.9 Å². The summed E-state index contributed by atoms with van der Waals surface area (Å²) in [5.74, 6) is -0.176. The van der Waals surface area contributed by atoms with E-state index in [-0.39, 0.29) is 11.3 Å². The van der Waals surface area contributed by atoms with Crippen molar-refractivity contribution < 1.29 is 4.79 Å². The molecule has 0 unspecified atom stereocenters. The van der Waals surface area contributed by atoms with Gasteiger partial charge in [-0.3, -0.25) is 9.69 Å². The Morgan fingerprint density at radius 1 is 0.974 bits per heavy atom. The van der Waals surface area contributed by atoms with E-state index in [1.807, 2.05) is 36.6 Å². The lowest BCUT2D eigenvalue weighted by Gasteiger charge is -2.23. The Morgan fingerprint density at radius 3 is 2.46 bits per heavy atom. The van der Waals surface area contributed by atoms with Gasteiger partial charge in [-0.25, -0.2) is 4.98 Å². The number of nitrogens with one attached hydrogen (secondary N) is 2. The first-order valence-corrected chi connectivity index (χ1v) is 14.3. The van der Waals surface area contributed by atoms with Crippen LogP contribution < -0.4 is 5.32 Å². The molecular formula is C33H36N4OS. The number of amides is 1. The van der Waals surface area contributed by atoms with Crippen molar-refractivity contribution in [3.63, 3.8) is 0 Å². The largest absolute Gasteiger partial charge is 0.361 e. The summed E-state index contributed by atoms with van der Waals surface area (Å²) in [6, 6.07) is 25.2. The Hall–Kier alpha value is -3.74. The average Bonchev–Trinajstić information content (AvgIpc) is 3.56. The second-order valence-electron chi connectivity index (χ2n) is 11.2. The van der Waals surface area contributed by atoms with E-state index in [0.717, 1.165) is 35.8 Å². The lowest BCUT2D eigenvalue weighted by molar-refractivity contribution is 0.102. The Bertz CT molecular complexity index is 1540. The van der Waals surface area contributed by atoms with Gasteiger partial charge in [0.05, 0.1) is 6.54 Å². The molecule has 5 rings (SSSR count). The third kappa shape index (κ3) is 6.83. The smallest absolute Gasteiger partial charge is 0.275 e. The van der Waals surface area contributed by atoms with Crippen molar-refractivity contribution >= 4 is 33.8 Å². The van der Waals surface area contributed by atoms with Crippen LogP contribution in [0.25, 0.3) is 10.9 Å². The summed E-state index contributed by atoms with van der Waals surface area (Å²) >= 11 is 1.54. The normalized spacial score (nSPS) is 11.8. The molecule has 0 bridgehead atoms. The molecular weight excluding hydrogens is 500 g/mol. The quantitative estimate of drug-likeness (QED) is 0.203. The molecule has 0 saturated heterocycles. The summed E-state index contributed by atoms with van der Waals surface area (Å²) in [6.45, 7) is 11.1. The molecule has 2 aromatic heterocycles. The van der Waals surface area contributed by atoms with E-state index in [1.165, 1.54) is 27.6 Å². The first kappa shape index (κ1) is 26.9. The highest BCUT2D eigenvalue weighted by Crippen LogP contribution is 2.24. The molecule has 39 heavy (non-hydrogen) atoms. The van der Waals surface area contributed by atoms with Crippen molar-refractivity contribution in [3.8, 4) is 0 Å². The van der Waals surface area contributed by atoms with Gasteiger partial charge in [0.25, 0.3) is 5.91 Å². The van der Waals surface area contributed by atoms with Gasteiger partial charge in [-0.1, -0.05) is 80.9 Å². The molecule has 2 N–H and O–H groups in total. The summed E-state index contributed by atoms with van der Waals surface area (Å²) in [5, 5.41) is 7.03. The summed E-state index contributed by atoms with van der Waals surface area (Å²) < 4.78 is 0. The number of thiazole rings is 1. The van der Waals surface area contributed by atoms with Crippen molar-refractivity contribution in [1.29, 1.82) is 0 Å². The molecule has 0 radical (unpaired) electrons. The van der Waals surface area contributed by atoms with Crippen LogP contribution in [0.15, 0.2) is 84.4 Å². The number of hydrogen-bond donors (Lipinski definition) is 2. The number of carbonyl (C=O) groups excluding carboxylic acids is 1. The number of anilines is 1. The number of aromatic nitrogens is 2. The zero-order valence-corrected chi connectivity index (χ0v) is 23.9. The predicted octanol–water partition coefficient (Wildman–Crippen LogP) is 7.73. The number of H-pyrrole nitrogens is 1. The zero-order valence-electron chi connectivity index (χ0n) is 23.1. The average molecular weight is 537 g/mol. The van der Waals surface area contributed by atoms with Gasteiger partial charge in [-0.2, -0.15) is 0 Å². The van der Waals surface area contributed by atoms with Gasteiger partial charge in [-0.05, 0) is 53.6 Å². The predicted molar refractivity (Wildman–Crippen MR) is 163 cm³/mol. The second kappa shape index (κ2) is 11.6. The summed E-state index contributed by atoms with van der Waals surface area (Å²) in [7, 11) is 0. The van der Waals surface area contributed by atoms with E-state index in [4.69, 9.17) is 4.98 Å². The maximum atomic E-state index is 12.8. The molecule has 0 aliphatic rings. The fraction of sp³-hybridized carbons (Fsp3) is 0.273. The van der Waals surface area contributed by atoms with Crippen molar-refractivity contribution in [3.05, 3.63) is 117 Å². The molecule has 2 heterocycles. The fourth-order valence-electron chi connectivity index (χ4n) is 4.71. The molecule has 0 saturated carbocycles. The lowest BCUT2D eigenvalue weighted by atomic mass is 9.87. The first-order valence-electron chi connectivity index (χ1n) is 13.4. The third-order valence-corrected chi connectivity index (χ3v) is 7.88. The number of hydrogen-bond acceptors (Lipinski definition) is 4. The molecule has 0 spiro atoms. The molecule has 0 aliphatic heterocycles. The number of nitrogens with zero attached hydrogens (tertiary/aromatic N) is 2. The standard InChI is InChI=1S/C33H36N4OS/c1-23-9-15-27(16-10-23)35-32(38)30-22-39-31(36-30)21-37(20-24-11-13-26(14-12-24)33(2,3)4)18-17-25-19-34-29-8-6-5-7-28(25)29/h5-16,19,22,34H,17-18,20-21H2,1-4H3,(H,35,38). The maximum Gasteiger partial charge on any atom is 0.275 e. The fourth-order valence-corrected chi connectivity index (χ4v) is 5.53. The van der Waals surface area contributed by atoms with Gasteiger partial charge < -0.3 is 10.3 Å². The van der Waals surface area contributed by atoms with Crippen molar-refractivity contribution in [2.75, 3.05) is 11.9 Å². The van der Waals surface area contributed by atoms with Gasteiger partial charge in [0.2, 0.25) is 0 Å². The maximum absolute atomic E-state index is 12.8. The van der Waals surface area contributed by atoms with Gasteiger partial charge >= 0.3 is 0 Å². The van der Waals surface area contributed by atoms with E-state index in [0.29, 0.717) is 12.2 Å². The van der Waals surface area contributed by atoms with Crippen molar-refractivity contribution in [2.45, 2.75) is 52.6 Å².